The van der Waals surface area contributed by atoms with Crippen molar-refractivity contribution in [2.24, 2.45) is 0 Å². The topological polar surface area (TPSA) is 135 Å². The number of H-pyrrole nitrogens is 1. The van der Waals surface area contributed by atoms with E-state index in [4.69, 9.17) is 21.1 Å². The number of fused-ring (bicyclic) bond motifs is 1. The Morgan fingerprint density at radius 1 is 1.22 bits per heavy atom. The first kappa shape index (κ1) is 23.5. The van der Waals surface area contributed by atoms with Crippen molar-refractivity contribution >= 4 is 40.5 Å². The maximum Gasteiger partial charge on any atom is 0.417 e. The van der Waals surface area contributed by atoms with Gasteiger partial charge in [0, 0.05) is 23.2 Å². The zero-order chi connectivity index (χ0) is 25.4. The van der Waals surface area contributed by atoms with Gasteiger partial charge >= 0.3 is 6.09 Å². The van der Waals surface area contributed by atoms with Crippen LogP contribution in [0.5, 0.6) is 5.75 Å². The Morgan fingerprint density at radius 2 is 2.06 bits per heavy atom. The molecule has 0 bridgehead atoms. The van der Waals surface area contributed by atoms with E-state index in [0.717, 1.165) is 5.39 Å². The predicted molar refractivity (Wildman–Crippen MR) is 134 cm³/mol. The van der Waals surface area contributed by atoms with Gasteiger partial charge in [0.15, 0.2) is 0 Å². The van der Waals surface area contributed by atoms with Gasteiger partial charge in [-0.3, -0.25) is 9.78 Å². The fraction of sp³-hybridized carbons (Fsp3) is 0.250. The number of cyclic esters (lactones) is 1. The summed E-state index contributed by atoms with van der Waals surface area (Å²) in [6.45, 7) is 3.62. The number of anilines is 2. The number of hydrogen-bond acceptors (Lipinski definition) is 9. The van der Waals surface area contributed by atoms with Crippen LogP contribution in [0, 0.1) is 6.92 Å². The number of benzene rings is 1. The summed E-state index contributed by atoms with van der Waals surface area (Å²) in [5.41, 5.74) is 1.43. The van der Waals surface area contributed by atoms with E-state index in [1.807, 2.05) is 12.1 Å². The van der Waals surface area contributed by atoms with Gasteiger partial charge in [-0.05, 0) is 38.1 Å². The van der Waals surface area contributed by atoms with Gasteiger partial charge in [0.1, 0.15) is 24.2 Å². The number of aryl methyl sites for hydroxylation is 1. The monoisotopic (exact) mass is 507 g/mol. The number of rotatable bonds is 6. The minimum absolute atomic E-state index is 0.125. The molecule has 184 valence electrons. The van der Waals surface area contributed by atoms with E-state index >= 15 is 0 Å². The molecule has 2 N–H and O–H groups in total. The Hall–Kier alpha value is -4.25. The Bertz CT molecular complexity index is 1510. The van der Waals surface area contributed by atoms with Crippen LogP contribution in [0.15, 0.2) is 47.4 Å². The van der Waals surface area contributed by atoms with Crippen LogP contribution >= 0.6 is 11.6 Å². The van der Waals surface area contributed by atoms with E-state index < -0.39 is 18.2 Å². The molecule has 4 heterocycles. The number of halogens is 1. The minimum Gasteiger partial charge on any atom is -0.495 e. The van der Waals surface area contributed by atoms with Gasteiger partial charge in [0.05, 0.1) is 29.4 Å². The van der Waals surface area contributed by atoms with Gasteiger partial charge in [0.25, 0.3) is 5.56 Å². The highest BCUT2D eigenvalue weighted by Crippen LogP contribution is 2.31. The third kappa shape index (κ3) is 4.40. The van der Waals surface area contributed by atoms with Gasteiger partial charge in [-0.15, -0.1) is 0 Å². The summed E-state index contributed by atoms with van der Waals surface area (Å²) in [7, 11) is 1.51. The fourth-order valence-corrected chi connectivity index (χ4v) is 4.30. The molecule has 0 aliphatic carbocycles. The lowest BCUT2D eigenvalue weighted by Gasteiger charge is -2.20. The lowest BCUT2D eigenvalue weighted by atomic mass is 10.1. The van der Waals surface area contributed by atoms with Gasteiger partial charge in [0.2, 0.25) is 11.9 Å². The molecule has 0 saturated carbocycles. The van der Waals surface area contributed by atoms with Crippen LogP contribution in [0.3, 0.4) is 0 Å². The number of aromatic nitrogens is 5. The molecule has 1 amide bonds. The van der Waals surface area contributed by atoms with Crippen molar-refractivity contribution in [1.29, 1.82) is 0 Å². The molecule has 1 saturated heterocycles. The zero-order valence-corrected chi connectivity index (χ0v) is 20.4. The molecule has 2 atom stereocenters. The highest BCUT2D eigenvalue weighted by atomic mass is 35.5. The van der Waals surface area contributed by atoms with Crippen molar-refractivity contribution in [1.82, 2.24) is 24.9 Å². The molecule has 4 aromatic rings. The van der Waals surface area contributed by atoms with Crippen LogP contribution < -0.4 is 20.5 Å². The highest BCUT2D eigenvalue weighted by molar-refractivity contribution is 6.32. The van der Waals surface area contributed by atoms with Crippen LogP contribution in [0.2, 0.25) is 5.02 Å². The predicted octanol–water partition coefficient (Wildman–Crippen LogP) is 3.95. The molecule has 12 heteroatoms. The van der Waals surface area contributed by atoms with Gasteiger partial charge < -0.3 is 19.8 Å². The maximum absolute atomic E-state index is 12.8. The average Bonchev–Trinajstić information content (AvgIpc) is 3.25. The maximum atomic E-state index is 12.8. The van der Waals surface area contributed by atoms with Crippen molar-refractivity contribution in [3.8, 4) is 5.75 Å². The summed E-state index contributed by atoms with van der Waals surface area (Å²) < 4.78 is 10.5. The van der Waals surface area contributed by atoms with E-state index in [1.54, 1.807) is 44.3 Å². The number of aromatic amines is 1. The molecule has 1 aliphatic rings. The number of carbonyl (C=O) groups excluding carboxylic acids is 1. The Balaban J connectivity index is 1.46. The van der Waals surface area contributed by atoms with Crippen LogP contribution in [0.4, 0.5) is 16.7 Å². The molecule has 1 aromatic carbocycles. The van der Waals surface area contributed by atoms with E-state index in [9.17, 15) is 9.59 Å². The summed E-state index contributed by atoms with van der Waals surface area (Å²) in [5, 5.41) is 4.32. The second kappa shape index (κ2) is 9.42. The van der Waals surface area contributed by atoms with Gasteiger partial charge in [-0.25, -0.2) is 9.69 Å². The van der Waals surface area contributed by atoms with Crippen molar-refractivity contribution in [2.45, 2.75) is 25.9 Å². The first-order valence-corrected chi connectivity index (χ1v) is 11.5. The largest absolute Gasteiger partial charge is 0.495 e. The SMILES string of the molecule is COc1cc2[nH]c(=O)c([C@H](C)Nc3nc(C)nc(N4C(=O)OC[C@@H]4c4ccccn4)n3)cc2cc1Cl. The van der Waals surface area contributed by atoms with Crippen LogP contribution in [0.25, 0.3) is 10.9 Å². The lowest BCUT2D eigenvalue weighted by molar-refractivity contribution is 0.178. The summed E-state index contributed by atoms with van der Waals surface area (Å²) in [4.78, 5) is 47.1. The van der Waals surface area contributed by atoms with E-state index in [1.165, 1.54) is 12.0 Å². The lowest BCUT2D eigenvalue weighted by Crippen LogP contribution is -2.30. The Kier molecular flexibility index (Phi) is 6.15. The number of methoxy groups -OCH3 is 1. The molecule has 0 radical (unpaired) electrons. The van der Waals surface area contributed by atoms with Gasteiger partial charge in [-0.1, -0.05) is 17.7 Å². The van der Waals surface area contributed by atoms with E-state index in [0.29, 0.717) is 33.4 Å². The minimum atomic E-state index is -0.575. The molecule has 1 aliphatic heterocycles. The number of hydrogen-bond donors (Lipinski definition) is 2. The first-order chi connectivity index (χ1) is 17.3. The number of ether oxygens (including phenoxy) is 2. The van der Waals surface area contributed by atoms with Crippen molar-refractivity contribution in [2.75, 3.05) is 23.9 Å². The van der Waals surface area contributed by atoms with Crippen molar-refractivity contribution < 1.29 is 14.3 Å². The smallest absolute Gasteiger partial charge is 0.417 e. The highest BCUT2D eigenvalue weighted by Gasteiger charge is 2.38. The molecule has 0 spiro atoms. The number of nitrogens with zero attached hydrogens (tertiary/aromatic N) is 5. The third-order valence-electron chi connectivity index (χ3n) is 5.81. The molecule has 3 aromatic heterocycles. The zero-order valence-electron chi connectivity index (χ0n) is 19.7. The molecule has 0 unspecified atom stereocenters. The number of nitrogens with one attached hydrogen (secondary N) is 2. The molecule has 5 rings (SSSR count). The molecular formula is C24H22ClN7O4. The molecular weight excluding hydrogens is 486 g/mol. The Morgan fingerprint density at radius 3 is 2.81 bits per heavy atom. The van der Waals surface area contributed by atoms with Crippen LogP contribution in [-0.4, -0.2) is 44.7 Å². The van der Waals surface area contributed by atoms with E-state index in [2.05, 4.69) is 30.2 Å². The quantitative estimate of drug-likeness (QED) is 0.397. The number of pyridine rings is 2. The fourth-order valence-electron chi connectivity index (χ4n) is 4.05. The van der Waals surface area contributed by atoms with Crippen LogP contribution in [0.1, 0.15) is 36.1 Å². The summed E-state index contributed by atoms with van der Waals surface area (Å²) in [5.74, 6) is 1.19. The van der Waals surface area contributed by atoms with Crippen molar-refractivity contribution in [3.63, 3.8) is 0 Å². The summed E-state index contributed by atoms with van der Waals surface area (Å²) >= 11 is 6.26. The van der Waals surface area contributed by atoms with E-state index in [-0.39, 0.29) is 24.1 Å². The molecule has 11 nitrogen and oxygen atoms in total. The number of carbonyl (C=O) groups is 1. The normalized spacial score (nSPS) is 16.2. The van der Waals surface area contributed by atoms with Crippen LogP contribution in [-0.2, 0) is 4.74 Å². The number of amides is 1. The molecule has 36 heavy (non-hydrogen) atoms. The first-order valence-electron chi connectivity index (χ1n) is 11.1. The average molecular weight is 508 g/mol. The second-order valence-corrected chi connectivity index (χ2v) is 8.62. The van der Waals surface area contributed by atoms with Crippen molar-refractivity contribution in [3.05, 3.63) is 75.1 Å². The summed E-state index contributed by atoms with van der Waals surface area (Å²) in [6, 6.07) is 9.63. The standard InChI is InChI=1S/C24H22ClN7O4/c1-12(15-8-14-9-16(25)20(35-3)10-18(14)30-21(15)33)27-22-28-13(2)29-23(31-22)32-19(11-36-24(32)34)17-6-4-5-7-26-17/h4-10,12,19H,11H2,1-3H3,(H,30,33)(H,27,28,29,31)/t12-,19+/m0/s1. The molecule has 1 fully saturated rings. The third-order valence-corrected chi connectivity index (χ3v) is 6.11. The second-order valence-electron chi connectivity index (χ2n) is 8.22. The Labute approximate surface area is 210 Å². The van der Waals surface area contributed by atoms with Gasteiger partial charge in [-0.2, -0.15) is 15.0 Å². The summed E-state index contributed by atoms with van der Waals surface area (Å²) in [6.07, 6.45) is 1.07.